The Kier molecular flexibility index (Phi) is 4.71. The van der Waals surface area contributed by atoms with Crippen LogP contribution < -0.4 is 10.1 Å². The molecule has 1 aromatic heterocycles. The second-order valence-electron chi connectivity index (χ2n) is 4.93. The van der Waals surface area contributed by atoms with Crippen molar-refractivity contribution in [3.8, 4) is 16.3 Å². The number of hydrogen-bond donors (Lipinski definition) is 1. The minimum Gasteiger partial charge on any atom is -0.406 e. The van der Waals surface area contributed by atoms with E-state index in [4.69, 9.17) is 0 Å². The van der Waals surface area contributed by atoms with Crippen LogP contribution in [0.4, 0.5) is 18.9 Å². The molecule has 3 aromatic rings. The maximum Gasteiger partial charge on any atom is 0.573 e. The Hall–Kier alpha value is -2.87. The minimum absolute atomic E-state index is 0.196. The largest absolute Gasteiger partial charge is 0.573 e. The number of hydrogen-bond acceptors (Lipinski definition) is 4. The van der Waals surface area contributed by atoms with E-state index in [9.17, 15) is 18.0 Å². The summed E-state index contributed by atoms with van der Waals surface area (Å²) in [5.41, 5.74) is 1.08. The number of nitrogens with one attached hydrogen (secondary N) is 1. The first-order valence-corrected chi connectivity index (χ1v) is 7.91. The summed E-state index contributed by atoms with van der Waals surface area (Å²) in [5.74, 6) is -0.858. The number of nitrogens with zero attached hydrogens (tertiary/aromatic N) is 1. The van der Waals surface area contributed by atoms with Gasteiger partial charge in [0.1, 0.15) is 15.6 Å². The molecule has 0 aliphatic rings. The molecule has 0 aliphatic carbocycles. The maximum atomic E-state index is 12.3. The highest BCUT2D eigenvalue weighted by Gasteiger charge is 2.31. The number of carbonyl (C=O) groups excluding carboxylic acids is 1. The first-order chi connectivity index (χ1) is 11.9. The normalized spacial score (nSPS) is 11.2. The van der Waals surface area contributed by atoms with Gasteiger partial charge in [-0.05, 0) is 12.1 Å². The lowest BCUT2D eigenvalue weighted by Crippen LogP contribution is -2.17. The van der Waals surface area contributed by atoms with E-state index in [0.717, 1.165) is 17.7 Å². The molecule has 0 saturated heterocycles. The van der Waals surface area contributed by atoms with Crippen LogP contribution >= 0.6 is 11.3 Å². The smallest absolute Gasteiger partial charge is 0.406 e. The molecule has 0 spiro atoms. The zero-order valence-corrected chi connectivity index (χ0v) is 13.4. The molecule has 0 unspecified atom stereocenters. The summed E-state index contributed by atoms with van der Waals surface area (Å²) in [6.07, 6.45) is -3.36. The third kappa shape index (κ3) is 4.57. The lowest BCUT2D eigenvalue weighted by atomic mass is 10.2. The van der Waals surface area contributed by atoms with Crippen LogP contribution in [0.3, 0.4) is 0 Å². The molecule has 2 aromatic carbocycles. The molecule has 0 saturated carbocycles. The fourth-order valence-electron chi connectivity index (χ4n) is 2.06. The van der Waals surface area contributed by atoms with Gasteiger partial charge in [0.05, 0.1) is 6.20 Å². The van der Waals surface area contributed by atoms with E-state index in [1.165, 1.54) is 29.7 Å². The summed E-state index contributed by atoms with van der Waals surface area (Å²) in [6.45, 7) is 0. The van der Waals surface area contributed by atoms with Gasteiger partial charge < -0.3 is 10.1 Å². The average Bonchev–Trinajstić information content (AvgIpc) is 3.04. The Balaban J connectivity index is 1.73. The summed E-state index contributed by atoms with van der Waals surface area (Å²) in [6, 6.07) is 14.4. The molecule has 0 aliphatic heterocycles. The van der Waals surface area contributed by atoms with Gasteiger partial charge in [0, 0.05) is 17.3 Å². The van der Waals surface area contributed by atoms with Gasteiger partial charge in [0.25, 0.3) is 5.91 Å². The third-order valence-corrected chi connectivity index (χ3v) is 4.12. The van der Waals surface area contributed by atoms with Crippen LogP contribution in [0, 0.1) is 0 Å². The van der Waals surface area contributed by atoms with Crippen molar-refractivity contribution in [3.63, 3.8) is 0 Å². The minimum atomic E-state index is -4.79. The van der Waals surface area contributed by atoms with Gasteiger partial charge in [-0.3, -0.25) is 4.79 Å². The zero-order chi connectivity index (χ0) is 17.9. The van der Waals surface area contributed by atoms with Crippen LogP contribution in [-0.2, 0) is 0 Å². The van der Waals surface area contributed by atoms with Crippen molar-refractivity contribution >= 4 is 22.9 Å². The molecule has 128 valence electrons. The molecule has 4 nitrogen and oxygen atoms in total. The highest BCUT2D eigenvalue weighted by atomic mass is 32.1. The van der Waals surface area contributed by atoms with Gasteiger partial charge in [-0.1, -0.05) is 36.4 Å². The number of rotatable bonds is 4. The molecule has 1 heterocycles. The van der Waals surface area contributed by atoms with Crippen LogP contribution in [0.1, 0.15) is 9.67 Å². The van der Waals surface area contributed by atoms with Gasteiger partial charge in [0.15, 0.2) is 0 Å². The molecule has 1 amide bonds. The summed E-state index contributed by atoms with van der Waals surface area (Å²) >= 11 is 1.19. The lowest BCUT2D eigenvalue weighted by molar-refractivity contribution is -0.274. The van der Waals surface area contributed by atoms with Gasteiger partial charge in [-0.25, -0.2) is 4.98 Å². The fourth-order valence-corrected chi connectivity index (χ4v) is 2.87. The molecule has 0 bridgehead atoms. The standard InChI is InChI=1S/C17H11F3N2O2S/c18-17(19,20)24-13-8-4-7-12(9-13)22-15(23)14-10-21-16(25-14)11-5-2-1-3-6-11/h1-10H,(H,22,23). The third-order valence-electron chi connectivity index (χ3n) is 3.08. The molecule has 0 atom stereocenters. The van der Waals surface area contributed by atoms with Crippen LogP contribution in [0.15, 0.2) is 60.8 Å². The van der Waals surface area contributed by atoms with Crippen molar-refractivity contribution in [2.75, 3.05) is 5.32 Å². The van der Waals surface area contributed by atoms with E-state index in [2.05, 4.69) is 15.0 Å². The summed E-state index contributed by atoms with van der Waals surface area (Å²) in [4.78, 5) is 16.8. The van der Waals surface area contributed by atoms with E-state index in [1.54, 1.807) is 0 Å². The lowest BCUT2D eigenvalue weighted by Gasteiger charge is -2.10. The molecule has 0 radical (unpaired) electrons. The number of thiazole rings is 1. The topological polar surface area (TPSA) is 51.2 Å². The summed E-state index contributed by atoms with van der Waals surface area (Å²) in [7, 11) is 0. The Morgan fingerprint density at radius 1 is 1.08 bits per heavy atom. The summed E-state index contributed by atoms with van der Waals surface area (Å²) in [5, 5.41) is 3.21. The van der Waals surface area contributed by atoms with Crippen LogP contribution in [0.2, 0.25) is 0 Å². The monoisotopic (exact) mass is 364 g/mol. The number of halogens is 3. The highest BCUT2D eigenvalue weighted by molar-refractivity contribution is 7.17. The number of amides is 1. The Morgan fingerprint density at radius 2 is 1.84 bits per heavy atom. The average molecular weight is 364 g/mol. The van der Waals surface area contributed by atoms with Crippen LogP contribution in [-0.4, -0.2) is 17.3 Å². The SMILES string of the molecule is O=C(Nc1cccc(OC(F)(F)F)c1)c1cnc(-c2ccccc2)s1. The molecule has 25 heavy (non-hydrogen) atoms. The van der Waals surface area contributed by atoms with Crippen molar-refractivity contribution < 1.29 is 22.7 Å². The van der Waals surface area contributed by atoms with E-state index in [-0.39, 0.29) is 5.69 Å². The first kappa shape index (κ1) is 17.0. The van der Waals surface area contributed by atoms with Crippen LogP contribution in [0.25, 0.3) is 10.6 Å². The van der Waals surface area contributed by atoms with Gasteiger partial charge in [0.2, 0.25) is 0 Å². The van der Waals surface area contributed by atoms with Gasteiger partial charge >= 0.3 is 6.36 Å². The Bertz CT molecular complexity index is 879. The molecular formula is C17H11F3N2O2S. The van der Waals surface area contributed by atoms with E-state index < -0.39 is 18.0 Å². The number of ether oxygens (including phenoxy) is 1. The number of benzene rings is 2. The quantitative estimate of drug-likeness (QED) is 0.712. The number of aromatic nitrogens is 1. The maximum absolute atomic E-state index is 12.3. The van der Waals surface area contributed by atoms with Crippen molar-refractivity contribution in [2.24, 2.45) is 0 Å². The molecule has 0 fully saturated rings. The fraction of sp³-hybridized carbons (Fsp3) is 0.0588. The van der Waals surface area contributed by atoms with Crippen molar-refractivity contribution in [1.29, 1.82) is 0 Å². The first-order valence-electron chi connectivity index (χ1n) is 7.09. The molecular weight excluding hydrogens is 353 g/mol. The van der Waals surface area contributed by atoms with Crippen LogP contribution in [0.5, 0.6) is 5.75 Å². The Morgan fingerprint density at radius 3 is 2.56 bits per heavy atom. The second kappa shape index (κ2) is 6.94. The summed E-state index contributed by atoms with van der Waals surface area (Å²) < 4.78 is 40.6. The highest BCUT2D eigenvalue weighted by Crippen LogP contribution is 2.27. The Labute approximate surface area is 144 Å². The van der Waals surface area contributed by atoms with Gasteiger partial charge in [-0.15, -0.1) is 24.5 Å². The number of carbonyl (C=O) groups is 1. The second-order valence-corrected chi connectivity index (χ2v) is 5.96. The predicted octanol–water partition coefficient (Wildman–Crippen LogP) is 4.96. The molecule has 1 N–H and O–H groups in total. The number of anilines is 1. The number of alkyl halides is 3. The van der Waals surface area contributed by atoms with E-state index in [1.807, 2.05) is 30.3 Å². The van der Waals surface area contributed by atoms with Crippen molar-refractivity contribution in [3.05, 3.63) is 65.7 Å². The van der Waals surface area contributed by atoms with Gasteiger partial charge in [-0.2, -0.15) is 0 Å². The van der Waals surface area contributed by atoms with Crippen molar-refractivity contribution in [2.45, 2.75) is 6.36 Å². The molecule has 8 heteroatoms. The van der Waals surface area contributed by atoms with E-state index in [0.29, 0.717) is 9.88 Å². The van der Waals surface area contributed by atoms with Crippen molar-refractivity contribution in [1.82, 2.24) is 4.98 Å². The predicted molar refractivity (Wildman–Crippen MR) is 88.6 cm³/mol. The molecule has 3 rings (SSSR count). The van der Waals surface area contributed by atoms with E-state index >= 15 is 0 Å². The zero-order valence-electron chi connectivity index (χ0n) is 12.6.